The summed E-state index contributed by atoms with van der Waals surface area (Å²) in [5.74, 6) is -0.418. The first-order chi connectivity index (χ1) is 7.09. The Kier molecular flexibility index (Phi) is 2.48. The maximum Gasteiger partial charge on any atom is 0.308 e. The molecule has 5 heteroatoms. The topological polar surface area (TPSA) is 66.6 Å². The van der Waals surface area contributed by atoms with Gasteiger partial charge in [0.25, 0.3) is 0 Å². The van der Waals surface area contributed by atoms with Gasteiger partial charge in [-0.2, -0.15) is 0 Å². The van der Waals surface area contributed by atoms with E-state index in [-0.39, 0.29) is 12.0 Å². The fourth-order valence-electron chi connectivity index (χ4n) is 2.16. The first kappa shape index (κ1) is 10.2. The van der Waals surface area contributed by atoms with Gasteiger partial charge in [-0.05, 0) is 26.9 Å². The highest BCUT2D eigenvalue weighted by Gasteiger charge is 2.39. The Bertz CT molecular complexity index is 374. The van der Waals surface area contributed by atoms with E-state index in [0.29, 0.717) is 6.42 Å². The molecule has 0 amide bonds. The Labute approximate surface area is 87.7 Å². The molecule has 1 fully saturated rings. The fraction of sp³-hybridized carbons (Fsp3) is 0.600. The molecule has 1 aromatic heterocycles. The first-order valence-corrected chi connectivity index (χ1v) is 4.96. The average Bonchev–Trinajstić information content (AvgIpc) is 2.71. The van der Waals surface area contributed by atoms with E-state index in [2.05, 4.69) is 5.16 Å². The summed E-state index contributed by atoms with van der Waals surface area (Å²) in [6, 6.07) is 1.66. The van der Waals surface area contributed by atoms with Crippen LogP contribution >= 0.6 is 0 Å². The summed E-state index contributed by atoms with van der Waals surface area (Å²) in [6.45, 7) is 2.59. The predicted molar refractivity (Wildman–Crippen MR) is 52.4 cm³/mol. The van der Waals surface area contributed by atoms with E-state index in [4.69, 9.17) is 9.63 Å². The van der Waals surface area contributed by atoms with Gasteiger partial charge < -0.3 is 9.63 Å². The lowest BCUT2D eigenvalue weighted by atomic mass is 9.98. The summed E-state index contributed by atoms with van der Waals surface area (Å²) < 4.78 is 4.98. The molecule has 1 aliphatic heterocycles. The second-order valence-electron chi connectivity index (χ2n) is 4.02. The second kappa shape index (κ2) is 3.66. The average molecular weight is 210 g/mol. The molecule has 15 heavy (non-hydrogen) atoms. The number of likely N-dealkylation sites (tertiary alicyclic amines) is 1. The third-order valence-corrected chi connectivity index (χ3v) is 2.92. The summed E-state index contributed by atoms with van der Waals surface area (Å²) in [6.07, 6.45) is 0.669. The Morgan fingerprint density at radius 1 is 1.73 bits per heavy atom. The lowest BCUT2D eigenvalue weighted by molar-refractivity contribution is -0.142. The van der Waals surface area contributed by atoms with E-state index in [1.165, 1.54) is 0 Å². The van der Waals surface area contributed by atoms with E-state index in [0.717, 1.165) is 18.0 Å². The number of rotatable bonds is 2. The first-order valence-electron chi connectivity index (χ1n) is 4.96. The van der Waals surface area contributed by atoms with Gasteiger partial charge in [0.2, 0.25) is 0 Å². The van der Waals surface area contributed by atoms with Crippen molar-refractivity contribution in [2.75, 3.05) is 13.6 Å². The number of hydrogen-bond donors (Lipinski definition) is 1. The van der Waals surface area contributed by atoms with Gasteiger partial charge in [0.05, 0.1) is 12.0 Å². The van der Waals surface area contributed by atoms with Gasteiger partial charge >= 0.3 is 5.97 Å². The van der Waals surface area contributed by atoms with Crippen molar-refractivity contribution in [3.8, 4) is 0 Å². The van der Waals surface area contributed by atoms with E-state index in [1.807, 2.05) is 18.0 Å². The zero-order valence-corrected chi connectivity index (χ0v) is 8.80. The molecule has 0 spiro atoms. The van der Waals surface area contributed by atoms with Crippen molar-refractivity contribution in [1.82, 2.24) is 10.1 Å². The lowest BCUT2D eigenvalue weighted by Gasteiger charge is -2.19. The van der Waals surface area contributed by atoms with Crippen molar-refractivity contribution in [2.24, 2.45) is 5.92 Å². The number of aliphatic carboxylic acids is 1. The van der Waals surface area contributed by atoms with Crippen molar-refractivity contribution in [3.63, 3.8) is 0 Å². The van der Waals surface area contributed by atoms with Gasteiger partial charge in [0, 0.05) is 6.07 Å². The monoisotopic (exact) mass is 210 g/mol. The van der Waals surface area contributed by atoms with Gasteiger partial charge in [0.1, 0.15) is 11.5 Å². The third-order valence-electron chi connectivity index (χ3n) is 2.92. The molecule has 2 unspecified atom stereocenters. The highest BCUT2D eigenvalue weighted by Crippen LogP contribution is 2.35. The van der Waals surface area contributed by atoms with Crippen molar-refractivity contribution in [3.05, 3.63) is 17.5 Å². The molecule has 0 radical (unpaired) electrons. The van der Waals surface area contributed by atoms with Gasteiger partial charge in [-0.3, -0.25) is 9.69 Å². The molecule has 0 saturated carbocycles. The lowest BCUT2D eigenvalue weighted by Crippen LogP contribution is -2.25. The normalized spacial score (nSPS) is 27.1. The van der Waals surface area contributed by atoms with Gasteiger partial charge in [-0.25, -0.2) is 0 Å². The zero-order valence-electron chi connectivity index (χ0n) is 8.80. The van der Waals surface area contributed by atoms with Crippen molar-refractivity contribution in [2.45, 2.75) is 19.4 Å². The number of carbonyl (C=O) groups is 1. The van der Waals surface area contributed by atoms with E-state index in [1.54, 1.807) is 6.92 Å². The molecule has 2 rings (SSSR count). The highest BCUT2D eigenvalue weighted by atomic mass is 16.5. The summed E-state index contributed by atoms with van der Waals surface area (Å²) in [5, 5.41) is 13.0. The smallest absolute Gasteiger partial charge is 0.308 e. The van der Waals surface area contributed by atoms with Crippen LogP contribution in [0.15, 0.2) is 10.6 Å². The zero-order chi connectivity index (χ0) is 11.0. The number of carboxylic acids is 1. The fourth-order valence-corrected chi connectivity index (χ4v) is 2.16. The quantitative estimate of drug-likeness (QED) is 0.790. The highest BCUT2D eigenvalue weighted by molar-refractivity contribution is 5.71. The van der Waals surface area contributed by atoms with Crippen LogP contribution in [0.3, 0.4) is 0 Å². The van der Waals surface area contributed by atoms with E-state index >= 15 is 0 Å². The Morgan fingerprint density at radius 2 is 2.47 bits per heavy atom. The molecule has 2 heterocycles. The van der Waals surface area contributed by atoms with Gasteiger partial charge in [-0.15, -0.1) is 0 Å². The standard InChI is InChI=1S/C10H14N2O3/c1-6-5-8(11-15-6)9-7(10(13)14)3-4-12(9)2/h5,7,9H,3-4H2,1-2H3,(H,13,14). The maximum atomic E-state index is 11.1. The molecule has 5 nitrogen and oxygen atoms in total. The molecule has 0 aromatic carbocycles. The number of carboxylic acid groups (broad SMARTS) is 1. The summed E-state index contributed by atoms with van der Waals surface area (Å²) in [4.78, 5) is 13.1. The predicted octanol–water partition coefficient (Wildman–Crippen LogP) is 1.06. The van der Waals surface area contributed by atoms with E-state index < -0.39 is 5.97 Å². The third kappa shape index (κ3) is 1.74. The number of aromatic nitrogens is 1. The molecule has 0 bridgehead atoms. The molecule has 1 saturated heterocycles. The number of aryl methyl sites for hydroxylation is 1. The van der Waals surface area contributed by atoms with Gasteiger partial charge in [0.15, 0.2) is 0 Å². The molecular weight excluding hydrogens is 196 g/mol. The van der Waals surface area contributed by atoms with Crippen LogP contribution in [0.4, 0.5) is 0 Å². The number of nitrogens with zero attached hydrogens (tertiary/aromatic N) is 2. The van der Waals surface area contributed by atoms with Crippen LogP contribution in [0.2, 0.25) is 0 Å². The number of hydrogen-bond acceptors (Lipinski definition) is 4. The second-order valence-corrected chi connectivity index (χ2v) is 4.02. The molecule has 82 valence electrons. The van der Waals surface area contributed by atoms with Crippen LogP contribution in [0.1, 0.15) is 23.9 Å². The molecule has 1 aliphatic rings. The minimum Gasteiger partial charge on any atom is -0.481 e. The molecule has 1 aromatic rings. The molecule has 2 atom stereocenters. The van der Waals surface area contributed by atoms with Gasteiger partial charge in [-0.1, -0.05) is 5.16 Å². The van der Waals surface area contributed by atoms with Crippen LogP contribution < -0.4 is 0 Å². The summed E-state index contributed by atoms with van der Waals surface area (Å²) in [5.41, 5.74) is 0.722. The molecule has 0 aliphatic carbocycles. The van der Waals surface area contributed by atoms with Crippen molar-refractivity contribution >= 4 is 5.97 Å². The summed E-state index contributed by atoms with van der Waals surface area (Å²) in [7, 11) is 1.91. The molecular formula is C10H14N2O3. The van der Waals surface area contributed by atoms with Crippen LogP contribution in [0, 0.1) is 12.8 Å². The molecule has 1 N–H and O–H groups in total. The van der Waals surface area contributed by atoms with Crippen LogP contribution in [-0.2, 0) is 4.79 Å². The Balaban J connectivity index is 2.28. The van der Waals surface area contributed by atoms with Crippen LogP contribution in [-0.4, -0.2) is 34.7 Å². The van der Waals surface area contributed by atoms with Crippen molar-refractivity contribution in [1.29, 1.82) is 0 Å². The minimum absolute atomic E-state index is 0.153. The SMILES string of the molecule is Cc1cc(C2C(C(=O)O)CCN2C)no1. The minimum atomic E-state index is -0.759. The Morgan fingerprint density at radius 3 is 3.00 bits per heavy atom. The maximum absolute atomic E-state index is 11.1. The van der Waals surface area contributed by atoms with Crippen LogP contribution in [0.5, 0.6) is 0 Å². The Hall–Kier alpha value is -1.36. The van der Waals surface area contributed by atoms with Crippen molar-refractivity contribution < 1.29 is 14.4 Å². The summed E-state index contributed by atoms with van der Waals surface area (Å²) >= 11 is 0. The van der Waals surface area contributed by atoms with Crippen LogP contribution in [0.25, 0.3) is 0 Å². The largest absolute Gasteiger partial charge is 0.481 e. The van der Waals surface area contributed by atoms with E-state index in [9.17, 15) is 4.79 Å².